The van der Waals surface area contributed by atoms with E-state index >= 15 is 0 Å². The van der Waals surface area contributed by atoms with Crippen molar-refractivity contribution in [3.05, 3.63) is 51.5 Å². The zero-order valence-electron chi connectivity index (χ0n) is 11.5. The molecule has 0 saturated carbocycles. The lowest BCUT2D eigenvalue weighted by Crippen LogP contribution is -2.22. The molecule has 1 aliphatic rings. The van der Waals surface area contributed by atoms with Crippen molar-refractivity contribution in [2.45, 2.75) is 25.7 Å². The summed E-state index contributed by atoms with van der Waals surface area (Å²) in [4.78, 5) is 18.6. The lowest BCUT2D eigenvalue weighted by Gasteiger charge is -2.19. The molecule has 0 N–H and O–H groups in total. The molecule has 1 aliphatic carbocycles. The maximum atomic E-state index is 11.6. The minimum atomic E-state index is -0.0735. The highest BCUT2D eigenvalue weighted by Crippen LogP contribution is 2.33. The van der Waals surface area contributed by atoms with Gasteiger partial charge in [0.05, 0.1) is 13.0 Å². The van der Waals surface area contributed by atoms with E-state index in [1.54, 1.807) is 6.20 Å². The van der Waals surface area contributed by atoms with Crippen molar-refractivity contribution in [2.75, 3.05) is 7.11 Å². The SMILES string of the molecule is COC(=O)C1CCc2sc(Cc3cccnc3)cc2C1. The van der Waals surface area contributed by atoms with Gasteiger partial charge in [0.1, 0.15) is 0 Å². The number of pyridine rings is 1. The van der Waals surface area contributed by atoms with Crippen molar-refractivity contribution in [2.24, 2.45) is 5.92 Å². The quantitative estimate of drug-likeness (QED) is 0.815. The van der Waals surface area contributed by atoms with E-state index in [0.29, 0.717) is 0 Å². The molecule has 0 saturated heterocycles. The molecule has 0 bridgehead atoms. The Labute approximate surface area is 122 Å². The summed E-state index contributed by atoms with van der Waals surface area (Å²) in [6.45, 7) is 0. The Bertz CT molecular complexity index is 606. The number of ether oxygens (including phenoxy) is 1. The van der Waals surface area contributed by atoms with Crippen LogP contribution in [-0.2, 0) is 28.8 Å². The number of esters is 1. The zero-order chi connectivity index (χ0) is 13.9. The number of hydrogen-bond donors (Lipinski definition) is 0. The molecule has 1 unspecified atom stereocenters. The van der Waals surface area contributed by atoms with Gasteiger partial charge in [-0.15, -0.1) is 11.3 Å². The first-order valence-corrected chi connectivity index (χ1v) is 7.65. The van der Waals surface area contributed by atoms with Crippen molar-refractivity contribution < 1.29 is 9.53 Å². The number of thiophene rings is 1. The van der Waals surface area contributed by atoms with Gasteiger partial charge in [-0.1, -0.05) is 6.07 Å². The van der Waals surface area contributed by atoms with Crippen LogP contribution < -0.4 is 0 Å². The molecule has 4 heteroatoms. The van der Waals surface area contributed by atoms with Gasteiger partial charge in [-0.2, -0.15) is 0 Å². The minimum Gasteiger partial charge on any atom is -0.469 e. The smallest absolute Gasteiger partial charge is 0.309 e. The number of nitrogens with zero attached hydrogens (tertiary/aromatic N) is 1. The maximum absolute atomic E-state index is 11.6. The summed E-state index contributed by atoms with van der Waals surface area (Å²) in [5.74, 6) is -0.0380. The van der Waals surface area contributed by atoms with E-state index in [-0.39, 0.29) is 11.9 Å². The maximum Gasteiger partial charge on any atom is 0.309 e. The third-order valence-corrected chi connectivity index (χ3v) is 5.01. The average Bonchev–Trinajstić information content (AvgIpc) is 2.88. The Morgan fingerprint density at radius 3 is 3.20 bits per heavy atom. The number of aryl methyl sites for hydroxylation is 1. The van der Waals surface area contributed by atoms with E-state index in [2.05, 4.69) is 17.1 Å². The third-order valence-electron chi connectivity index (χ3n) is 3.77. The van der Waals surface area contributed by atoms with E-state index in [1.807, 2.05) is 23.6 Å². The number of rotatable bonds is 3. The average molecular weight is 287 g/mol. The second-order valence-electron chi connectivity index (χ2n) is 5.16. The van der Waals surface area contributed by atoms with Crippen LogP contribution in [0.3, 0.4) is 0 Å². The number of methoxy groups -OCH3 is 1. The van der Waals surface area contributed by atoms with Crippen LogP contribution in [0.2, 0.25) is 0 Å². The highest BCUT2D eigenvalue weighted by molar-refractivity contribution is 7.12. The first-order valence-electron chi connectivity index (χ1n) is 6.83. The fraction of sp³-hybridized carbons (Fsp3) is 0.375. The molecule has 3 rings (SSSR count). The summed E-state index contributed by atoms with van der Waals surface area (Å²) in [6, 6.07) is 6.32. The first kappa shape index (κ1) is 13.3. The van der Waals surface area contributed by atoms with Crippen molar-refractivity contribution in [1.82, 2.24) is 4.98 Å². The van der Waals surface area contributed by atoms with Crippen molar-refractivity contribution in [3.8, 4) is 0 Å². The van der Waals surface area contributed by atoms with E-state index < -0.39 is 0 Å². The molecule has 0 aromatic carbocycles. The standard InChI is InChI=1S/C16H17NO2S/c1-19-16(18)12-4-5-15-13(8-12)9-14(20-15)7-11-3-2-6-17-10-11/h2-3,6,9-10,12H,4-5,7-8H2,1H3. The molecule has 2 aromatic heterocycles. The van der Waals surface area contributed by atoms with Gasteiger partial charge >= 0.3 is 5.97 Å². The van der Waals surface area contributed by atoms with E-state index in [4.69, 9.17) is 4.74 Å². The summed E-state index contributed by atoms with van der Waals surface area (Å²) in [6.07, 6.45) is 7.36. The Morgan fingerprint density at radius 2 is 2.45 bits per heavy atom. The molecule has 0 spiro atoms. The molecule has 0 amide bonds. The fourth-order valence-corrected chi connectivity index (χ4v) is 3.99. The molecule has 1 atom stereocenters. The second-order valence-corrected chi connectivity index (χ2v) is 6.38. The summed E-state index contributed by atoms with van der Waals surface area (Å²) in [7, 11) is 1.47. The fourth-order valence-electron chi connectivity index (χ4n) is 2.74. The number of carbonyl (C=O) groups is 1. The van der Waals surface area contributed by atoms with Crippen molar-refractivity contribution >= 4 is 17.3 Å². The highest BCUT2D eigenvalue weighted by Gasteiger charge is 2.26. The van der Waals surface area contributed by atoms with Crippen molar-refractivity contribution in [1.29, 1.82) is 0 Å². The van der Waals surface area contributed by atoms with Gasteiger partial charge < -0.3 is 4.74 Å². The van der Waals surface area contributed by atoms with Gasteiger partial charge in [0.2, 0.25) is 0 Å². The summed E-state index contributed by atoms with van der Waals surface area (Å²) >= 11 is 1.87. The van der Waals surface area contributed by atoms with Gasteiger partial charge in [-0.3, -0.25) is 9.78 Å². The summed E-state index contributed by atoms with van der Waals surface area (Å²) in [5, 5.41) is 0. The molecule has 0 aliphatic heterocycles. The van der Waals surface area contributed by atoms with Crippen LogP contribution in [0.15, 0.2) is 30.6 Å². The van der Waals surface area contributed by atoms with Gasteiger partial charge in [0.25, 0.3) is 0 Å². The van der Waals surface area contributed by atoms with E-state index in [1.165, 1.54) is 28.0 Å². The van der Waals surface area contributed by atoms with Gasteiger partial charge in [0, 0.05) is 28.6 Å². The predicted octanol–water partition coefficient (Wildman–Crippen LogP) is 3.01. The number of hydrogen-bond acceptors (Lipinski definition) is 4. The molecule has 2 aromatic rings. The predicted molar refractivity (Wildman–Crippen MR) is 78.9 cm³/mol. The van der Waals surface area contributed by atoms with Crippen LogP contribution in [0.4, 0.5) is 0 Å². The Kier molecular flexibility index (Phi) is 3.83. The lowest BCUT2D eigenvalue weighted by molar-refractivity contribution is -0.145. The topological polar surface area (TPSA) is 39.2 Å². The monoisotopic (exact) mass is 287 g/mol. The van der Waals surface area contributed by atoms with Crippen LogP contribution in [0.25, 0.3) is 0 Å². The Morgan fingerprint density at radius 1 is 1.55 bits per heavy atom. The Hall–Kier alpha value is -1.68. The zero-order valence-corrected chi connectivity index (χ0v) is 12.3. The molecule has 0 fully saturated rings. The van der Waals surface area contributed by atoms with Crippen LogP contribution in [0.5, 0.6) is 0 Å². The number of fused-ring (bicyclic) bond motifs is 1. The van der Waals surface area contributed by atoms with Gasteiger partial charge in [0.15, 0.2) is 0 Å². The number of carbonyl (C=O) groups excluding carboxylic acids is 1. The molecule has 20 heavy (non-hydrogen) atoms. The molecule has 104 valence electrons. The number of aromatic nitrogens is 1. The van der Waals surface area contributed by atoms with E-state index in [9.17, 15) is 4.79 Å². The minimum absolute atomic E-state index is 0.0355. The first-order chi connectivity index (χ1) is 9.76. The Balaban J connectivity index is 1.75. The summed E-state index contributed by atoms with van der Waals surface area (Å²) < 4.78 is 4.86. The molecular formula is C16H17NO2S. The normalized spacial score (nSPS) is 17.6. The van der Waals surface area contributed by atoms with Crippen LogP contribution in [0.1, 0.15) is 27.3 Å². The molecule has 0 radical (unpaired) electrons. The lowest BCUT2D eigenvalue weighted by atomic mass is 9.88. The van der Waals surface area contributed by atoms with Crippen LogP contribution in [0, 0.1) is 5.92 Å². The third kappa shape index (κ3) is 2.75. The van der Waals surface area contributed by atoms with Crippen molar-refractivity contribution in [3.63, 3.8) is 0 Å². The molecular weight excluding hydrogens is 270 g/mol. The molecule has 3 nitrogen and oxygen atoms in total. The second kappa shape index (κ2) is 5.75. The summed E-state index contributed by atoms with van der Waals surface area (Å²) in [5.41, 5.74) is 2.56. The largest absolute Gasteiger partial charge is 0.469 e. The van der Waals surface area contributed by atoms with Gasteiger partial charge in [-0.25, -0.2) is 0 Å². The van der Waals surface area contributed by atoms with Gasteiger partial charge in [-0.05, 0) is 42.5 Å². The van der Waals surface area contributed by atoms with Crippen LogP contribution in [-0.4, -0.2) is 18.1 Å². The highest BCUT2D eigenvalue weighted by atomic mass is 32.1. The van der Waals surface area contributed by atoms with E-state index in [0.717, 1.165) is 25.7 Å². The van der Waals surface area contributed by atoms with Crippen LogP contribution >= 0.6 is 11.3 Å². The molecule has 2 heterocycles.